The van der Waals surface area contributed by atoms with Crippen molar-refractivity contribution in [3.8, 4) is 11.1 Å². The van der Waals surface area contributed by atoms with Gasteiger partial charge in [-0.1, -0.05) is 60.7 Å². The van der Waals surface area contributed by atoms with Crippen LogP contribution in [0.1, 0.15) is 29.9 Å². The average Bonchev–Trinajstić information content (AvgIpc) is 2.84. The van der Waals surface area contributed by atoms with Gasteiger partial charge in [-0.3, -0.25) is 9.88 Å². The van der Waals surface area contributed by atoms with Crippen molar-refractivity contribution in [2.24, 2.45) is 0 Å². The molecule has 2 fully saturated rings. The summed E-state index contributed by atoms with van der Waals surface area (Å²) in [5.41, 5.74) is 4.12. The highest BCUT2D eigenvalue weighted by Crippen LogP contribution is 2.42. The van der Waals surface area contributed by atoms with E-state index in [-0.39, 0.29) is 30.4 Å². The first-order chi connectivity index (χ1) is 16.6. The third-order valence-corrected chi connectivity index (χ3v) is 9.02. The number of rotatable bonds is 6. The number of sulfonamides is 1. The molecule has 0 saturated carbocycles. The normalized spacial score (nSPS) is 24.0. The van der Waals surface area contributed by atoms with Gasteiger partial charge in [-0.2, -0.15) is 0 Å². The van der Waals surface area contributed by atoms with E-state index >= 15 is 0 Å². The fourth-order valence-corrected chi connectivity index (χ4v) is 7.05. The van der Waals surface area contributed by atoms with E-state index in [1.165, 1.54) is 0 Å². The zero-order chi connectivity index (χ0) is 23.5. The van der Waals surface area contributed by atoms with Crippen molar-refractivity contribution in [2.75, 3.05) is 26.2 Å². The lowest BCUT2D eigenvalue weighted by atomic mass is 9.74. The lowest BCUT2D eigenvalue weighted by molar-refractivity contribution is -0.0554. The molecule has 7 heteroatoms. The molecule has 3 atom stereocenters. The largest absolute Gasteiger partial charge is 0.395 e. The van der Waals surface area contributed by atoms with Gasteiger partial charge in [0.25, 0.3) is 0 Å². The van der Waals surface area contributed by atoms with E-state index in [1.54, 1.807) is 10.5 Å². The predicted octanol–water partition coefficient (Wildman–Crippen LogP) is 3.50. The molecule has 3 heterocycles. The second-order valence-electron chi connectivity index (χ2n) is 9.25. The highest BCUT2D eigenvalue weighted by atomic mass is 32.2. The minimum Gasteiger partial charge on any atom is -0.395 e. The average molecular weight is 478 g/mol. The topological polar surface area (TPSA) is 73.7 Å². The van der Waals surface area contributed by atoms with Gasteiger partial charge in [-0.05, 0) is 47.7 Å². The maximum atomic E-state index is 13.3. The number of fused-ring (bicyclic) bond motifs is 1. The number of nitrogens with zero attached hydrogens (tertiary/aromatic N) is 3. The van der Waals surface area contributed by atoms with Crippen LogP contribution in [0.25, 0.3) is 11.1 Å². The molecular weight excluding hydrogens is 446 g/mol. The maximum Gasteiger partial charge on any atom is 0.218 e. The van der Waals surface area contributed by atoms with Crippen LogP contribution in [-0.2, 0) is 15.8 Å². The Morgan fingerprint density at radius 2 is 1.68 bits per heavy atom. The lowest BCUT2D eigenvalue weighted by Crippen LogP contribution is -2.67. The van der Waals surface area contributed by atoms with Crippen molar-refractivity contribution in [1.82, 2.24) is 14.2 Å². The fraction of sp³-hybridized carbons (Fsp3) is 0.370. The van der Waals surface area contributed by atoms with Crippen molar-refractivity contribution in [1.29, 1.82) is 0 Å². The molecule has 1 aromatic heterocycles. The highest BCUT2D eigenvalue weighted by Gasteiger charge is 2.50. The molecule has 178 valence electrons. The molecule has 0 bridgehead atoms. The molecule has 0 spiro atoms. The number of pyridine rings is 1. The van der Waals surface area contributed by atoms with Gasteiger partial charge in [0.05, 0.1) is 12.4 Å². The summed E-state index contributed by atoms with van der Waals surface area (Å²) in [6, 6.07) is 21.9. The summed E-state index contributed by atoms with van der Waals surface area (Å²) in [7, 11) is -3.43. The van der Waals surface area contributed by atoms with Crippen molar-refractivity contribution < 1.29 is 13.5 Å². The second-order valence-corrected chi connectivity index (χ2v) is 11.2. The molecule has 0 amide bonds. The Kier molecular flexibility index (Phi) is 6.79. The van der Waals surface area contributed by atoms with Gasteiger partial charge in [0.15, 0.2) is 0 Å². The van der Waals surface area contributed by atoms with Crippen molar-refractivity contribution in [3.05, 3.63) is 90.3 Å². The van der Waals surface area contributed by atoms with E-state index in [9.17, 15) is 13.5 Å². The van der Waals surface area contributed by atoms with Gasteiger partial charge in [0, 0.05) is 43.5 Å². The summed E-state index contributed by atoms with van der Waals surface area (Å²) >= 11 is 0. The molecule has 34 heavy (non-hydrogen) atoms. The van der Waals surface area contributed by atoms with Gasteiger partial charge in [-0.25, -0.2) is 12.7 Å². The standard InChI is InChI=1S/C27H31N3O3S/c31-19-26-27(23-12-10-22(11-13-23)24-9-6-14-28-17-24)25-18-29(15-4-5-16-30(25)26)34(32,33)20-21-7-2-1-3-8-21/h1-3,6-14,17,25-27,31H,4-5,15-16,18-20H2/t25-,26-,27+/m0/s1. The summed E-state index contributed by atoms with van der Waals surface area (Å²) in [6.07, 6.45) is 5.37. The van der Waals surface area contributed by atoms with Crippen LogP contribution in [0.5, 0.6) is 0 Å². The van der Waals surface area contributed by atoms with E-state index in [0.717, 1.165) is 41.6 Å². The Labute approximate surface area is 201 Å². The van der Waals surface area contributed by atoms with E-state index < -0.39 is 10.0 Å². The highest BCUT2D eigenvalue weighted by molar-refractivity contribution is 7.88. The molecule has 2 aliphatic rings. The zero-order valence-electron chi connectivity index (χ0n) is 19.2. The van der Waals surface area contributed by atoms with Crippen LogP contribution in [0, 0.1) is 0 Å². The SMILES string of the molecule is O=S(=O)(Cc1ccccc1)N1CCCCN2[C@@H](CO)[C@H](c3ccc(-c4cccnc4)cc3)[C@@H]2C1. The van der Waals surface area contributed by atoms with E-state index in [0.29, 0.717) is 13.1 Å². The predicted molar refractivity (Wildman–Crippen MR) is 134 cm³/mol. The number of aromatic nitrogens is 1. The minimum absolute atomic E-state index is 0.0195. The van der Waals surface area contributed by atoms with Crippen LogP contribution in [-0.4, -0.2) is 66.0 Å². The third kappa shape index (κ3) is 4.66. The lowest BCUT2D eigenvalue weighted by Gasteiger charge is -2.57. The molecule has 0 aliphatic carbocycles. The maximum absolute atomic E-state index is 13.3. The van der Waals surface area contributed by atoms with E-state index in [4.69, 9.17) is 0 Å². The van der Waals surface area contributed by atoms with Gasteiger partial charge < -0.3 is 5.11 Å². The zero-order valence-corrected chi connectivity index (χ0v) is 20.0. The Morgan fingerprint density at radius 3 is 2.38 bits per heavy atom. The van der Waals surface area contributed by atoms with Crippen molar-refractivity contribution >= 4 is 10.0 Å². The molecule has 6 nitrogen and oxygen atoms in total. The van der Waals surface area contributed by atoms with E-state index in [2.05, 4.69) is 34.1 Å². The van der Waals surface area contributed by atoms with Crippen LogP contribution < -0.4 is 0 Å². The summed E-state index contributed by atoms with van der Waals surface area (Å²) in [5, 5.41) is 10.2. The quantitative estimate of drug-likeness (QED) is 0.588. The Bertz CT molecular complexity index is 1190. The van der Waals surface area contributed by atoms with Crippen LogP contribution >= 0.6 is 0 Å². The first kappa shape index (κ1) is 23.2. The smallest absolute Gasteiger partial charge is 0.218 e. The Hall–Kier alpha value is -2.58. The van der Waals surface area contributed by atoms with Gasteiger partial charge in [-0.15, -0.1) is 0 Å². The summed E-state index contributed by atoms with van der Waals surface area (Å²) in [5.74, 6) is 0.120. The van der Waals surface area contributed by atoms with Crippen LogP contribution in [0.4, 0.5) is 0 Å². The summed E-state index contributed by atoms with van der Waals surface area (Å²) < 4.78 is 28.4. The second kappa shape index (κ2) is 9.96. The molecule has 2 aliphatic heterocycles. The number of aliphatic hydroxyl groups excluding tert-OH is 1. The fourth-order valence-electron chi connectivity index (χ4n) is 5.47. The number of benzene rings is 2. The van der Waals surface area contributed by atoms with Crippen molar-refractivity contribution in [2.45, 2.75) is 36.6 Å². The van der Waals surface area contributed by atoms with Crippen LogP contribution in [0.15, 0.2) is 79.1 Å². The number of hydrogen-bond acceptors (Lipinski definition) is 5. The molecule has 1 N–H and O–H groups in total. The Balaban J connectivity index is 1.38. The van der Waals surface area contributed by atoms with Crippen LogP contribution in [0.3, 0.4) is 0 Å². The molecule has 5 rings (SSSR count). The number of hydrogen-bond donors (Lipinski definition) is 1. The Morgan fingerprint density at radius 1 is 0.912 bits per heavy atom. The summed E-state index contributed by atoms with van der Waals surface area (Å²) in [4.78, 5) is 6.51. The summed E-state index contributed by atoms with van der Waals surface area (Å²) in [6.45, 7) is 1.98. The first-order valence-corrected chi connectivity index (χ1v) is 13.6. The van der Waals surface area contributed by atoms with E-state index in [1.807, 2.05) is 48.7 Å². The van der Waals surface area contributed by atoms with Gasteiger partial charge >= 0.3 is 0 Å². The van der Waals surface area contributed by atoms with Crippen molar-refractivity contribution in [3.63, 3.8) is 0 Å². The molecule has 2 saturated heterocycles. The molecule has 3 aromatic rings. The van der Waals surface area contributed by atoms with Gasteiger partial charge in [0.1, 0.15) is 0 Å². The molecule has 0 unspecified atom stereocenters. The minimum atomic E-state index is -3.43. The molecular formula is C27H31N3O3S. The number of aliphatic hydroxyl groups is 1. The third-order valence-electron chi connectivity index (χ3n) is 7.21. The molecule has 0 radical (unpaired) electrons. The monoisotopic (exact) mass is 477 g/mol. The van der Waals surface area contributed by atoms with Gasteiger partial charge in [0.2, 0.25) is 10.0 Å². The first-order valence-electron chi connectivity index (χ1n) is 12.0. The molecule has 2 aromatic carbocycles. The van der Waals surface area contributed by atoms with Crippen LogP contribution in [0.2, 0.25) is 0 Å².